The lowest BCUT2D eigenvalue weighted by atomic mass is 9.93. The van der Waals surface area contributed by atoms with E-state index in [-0.39, 0.29) is 0 Å². The summed E-state index contributed by atoms with van der Waals surface area (Å²) in [5.41, 5.74) is 7.66. The highest BCUT2D eigenvalue weighted by atomic mass is 16.5. The minimum atomic E-state index is 0.688. The van der Waals surface area contributed by atoms with Crippen LogP contribution in [0, 0.1) is 12.8 Å². The Morgan fingerprint density at radius 1 is 1.13 bits per heavy atom. The maximum absolute atomic E-state index is 6.24. The molecule has 0 amide bonds. The number of pyridine rings is 1. The summed E-state index contributed by atoms with van der Waals surface area (Å²) < 4.78 is 10.0. The number of aryl methyl sites for hydroxylation is 1. The quantitative estimate of drug-likeness (QED) is 0.447. The standard InChI is InChI=1S/C22H24B2N6O/c1-13-20(27-28-30(13)24)15-7-8-25-18(9-15)21-22(29(2)12-26-21)17-6-5-16(23)10-19(17)31-11-14-3-4-14/h5-10,12,14H,3-4,11,23-24H2,1-2H3. The summed E-state index contributed by atoms with van der Waals surface area (Å²) >= 11 is 0. The highest BCUT2D eigenvalue weighted by Crippen LogP contribution is 2.37. The number of nitrogens with zero attached hydrogens (tertiary/aromatic N) is 6. The predicted octanol–water partition coefficient (Wildman–Crippen LogP) is 1.16. The molecule has 1 aliphatic rings. The Bertz CT molecular complexity index is 1260. The van der Waals surface area contributed by atoms with Crippen LogP contribution in [0.15, 0.2) is 42.9 Å². The van der Waals surface area contributed by atoms with Gasteiger partial charge in [0.25, 0.3) is 7.98 Å². The zero-order chi connectivity index (χ0) is 21.5. The van der Waals surface area contributed by atoms with Gasteiger partial charge < -0.3 is 13.9 Å². The van der Waals surface area contributed by atoms with Gasteiger partial charge in [-0.05, 0) is 49.9 Å². The fraction of sp³-hybridized carbons (Fsp3) is 0.273. The Labute approximate surface area is 183 Å². The van der Waals surface area contributed by atoms with E-state index in [9.17, 15) is 0 Å². The zero-order valence-electron chi connectivity index (χ0n) is 18.3. The Balaban J connectivity index is 1.59. The summed E-state index contributed by atoms with van der Waals surface area (Å²) in [5, 5.41) is 8.45. The molecule has 154 valence electrons. The first kappa shape index (κ1) is 19.6. The summed E-state index contributed by atoms with van der Waals surface area (Å²) in [6.45, 7) is 2.78. The summed E-state index contributed by atoms with van der Waals surface area (Å²) in [4.78, 5) is 9.33. The van der Waals surface area contributed by atoms with E-state index >= 15 is 0 Å². The SMILES string of the molecule is Bc1ccc(-c2c(-c3cc(-c4nnn(B)c4C)ccn3)ncn2C)c(OCC2CC2)c1. The van der Waals surface area contributed by atoms with Crippen LogP contribution >= 0.6 is 0 Å². The number of hydrogen-bond acceptors (Lipinski definition) is 5. The maximum atomic E-state index is 6.24. The first-order chi connectivity index (χ1) is 15.0. The summed E-state index contributed by atoms with van der Waals surface area (Å²) in [6, 6.07) is 10.3. The summed E-state index contributed by atoms with van der Waals surface area (Å²) in [6.07, 6.45) is 6.15. The Morgan fingerprint density at radius 2 is 1.97 bits per heavy atom. The number of rotatable bonds is 6. The van der Waals surface area contributed by atoms with Crippen LogP contribution in [0.3, 0.4) is 0 Å². The molecule has 7 nitrogen and oxygen atoms in total. The van der Waals surface area contributed by atoms with Crippen molar-refractivity contribution in [2.75, 3.05) is 6.61 Å². The van der Waals surface area contributed by atoms with E-state index < -0.39 is 0 Å². The van der Waals surface area contributed by atoms with Crippen molar-refractivity contribution in [3.63, 3.8) is 0 Å². The van der Waals surface area contributed by atoms with Gasteiger partial charge in [-0.25, -0.2) is 4.98 Å². The molecule has 1 aromatic carbocycles. The lowest BCUT2D eigenvalue weighted by Crippen LogP contribution is -2.07. The van der Waals surface area contributed by atoms with Gasteiger partial charge in [-0.3, -0.25) is 4.98 Å². The van der Waals surface area contributed by atoms with Gasteiger partial charge in [-0.1, -0.05) is 16.7 Å². The van der Waals surface area contributed by atoms with Crippen LogP contribution in [-0.4, -0.2) is 51.9 Å². The molecule has 3 heterocycles. The summed E-state index contributed by atoms with van der Waals surface area (Å²) in [5.74, 6) is 1.59. The van der Waals surface area contributed by atoms with Gasteiger partial charge in [0.1, 0.15) is 25.0 Å². The fourth-order valence-corrected chi connectivity index (χ4v) is 3.75. The van der Waals surface area contributed by atoms with Crippen molar-refractivity contribution in [1.29, 1.82) is 0 Å². The fourth-order valence-electron chi connectivity index (χ4n) is 3.75. The molecule has 0 aliphatic heterocycles. The molecule has 3 aromatic heterocycles. The molecule has 0 unspecified atom stereocenters. The highest BCUT2D eigenvalue weighted by molar-refractivity contribution is 6.32. The van der Waals surface area contributed by atoms with E-state index in [1.54, 1.807) is 10.8 Å². The van der Waals surface area contributed by atoms with E-state index in [1.807, 2.05) is 45.0 Å². The third-order valence-electron chi connectivity index (χ3n) is 5.88. The molecule has 0 spiro atoms. The number of benzene rings is 1. The average molecular weight is 410 g/mol. The maximum Gasteiger partial charge on any atom is 0.251 e. The van der Waals surface area contributed by atoms with Crippen LogP contribution in [0.1, 0.15) is 18.5 Å². The number of hydrogen-bond donors (Lipinski definition) is 0. The lowest BCUT2D eigenvalue weighted by molar-refractivity contribution is 0.301. The molecule has 1 fully saturated rings. The van der Waals surface area contributed by atoms with E-state index in [1.165, 1.54) is 18.3 Å². The molecule has 31 heavy (non-hydrogen) atoms. The molecular formula is C22H24B2N6O. The van der Waals surface area contributed by atoms with Crippen LogP contribution < -0.4 is 10.2 Å². The number of ether oxygens (including phenoxy) is 1. The van der Waals surface area contributed by atoms with Crippen molar-refractivity contribution in [2.45, 2.75) is 19.8 Å². The molecule has 1 aliphatic carbocycles. The molecule has 1 saturated carbocycles. The van der Waals surface area contributed by atoms with Gasteiger partial charge >= 0.3 is 0 Å². The molecule has 0 bridgehead atoms. The smallest absolute Gasteiger partial charge is 0.251 e. The highest BCUT2D eigenvalue weighted by Gasteiger charge is 2.24. The molecular weight excluding hydrogens is 386 g/mol. The van der Waals surface area contributed by atoms with Crippen molar-refractivity contribution in [3.8, 4) is 39.7 Å². The van der Waals surface area contributed by atoms with Gasteiger partial charge in [0, 0.05) is 30.1 Å². The first-order valence-electron chi connectivity index (χ1n) is 10.6. The molecule has 0 saturated heterocycles. The summed E-state index contributed by atoms with van der Waals surface area (Å²) in [7, 11) is 5.99. The van der Waals surface area contributed by atoms with Crippen LogP contribution in [0.4, 0.5) is 0 Å². The largest absolute Gasteiger partial charge is 0.493 e. The normalized spacial score (nSPS) is 13.5. The number of imidazole rings is 1. The average Bonchev–Trinajstić information content (AvgIpc) is 3.44. The predicted molar refractivity (Wildman–Crippen MR) is 126 cm³/mol. The molecule has 5 rings (SSSR count). The van der Waals surface area contributed by atoms with Crippen molar-refractivity contribution in [1.82, 2.24) is 29.4 Å². The molecule has 0 N–H and O–H groups in total. The topological polar surface area (TPSA) is 70.7 Å². The van der Waals surface area contributed by atoms with Gasteiger partial charge in [0.15, 0.2) is 0 Å². The van der Waals surface area contributed by atoms with Gasteiger partial charge in [-0.15, -0.1) is 5.10 Å². The van der Waals surface area contributed by atoms with E-state index in [4.69, 9.17) is 9.72 Å². The molecule has 0 atom stereocenters. The second-order valence-electron chi connectivity index (χ2n) is 8.38. The molecule has 4 aromatic rings. The third kappa shape index (κ3) is 3.76. The van der Waals surface area contributed by atoms with Crippen LogP contribution in [0.5, 0.6) is 5.75 Å². The minimum Gasteiger partial charge on any atom is -0.493 e. The van der Waals surface area contributed by atoms with Gasteiger partial charge in [0.2, 0.25) is 0 Å². The molecule has 9 heteroatoms. The van der Waals surface area contributed by atoms with Crippen molar-refractivity contribution >= 4 is 21.3 Å². The second kappa shape index (κ2) is 7.72. The first-order valence-corrected chi connectivity index (χ1v) is 10.6. The van der Waals surface area contributed by atoms with Crippen molar-refractivity contribution < 1.29 is 4.74 Å². The van der Waals surface area contributed by atoms with E-state index in [0.29, 0.717) is 5.92 Å². The lowest BCUT2D eigenvalue weighted by Gasteiger charge is -2.14. The Hall–Kier alpha value is -3.35. The Morgan fingerprint density at radius 3 is 2.71 bits per heavy atom. The van der Waals surface area contributed by atoms with Crippen LogP contribution in [-0.2, 0) is 7.05 Å². The number of aromatic nitrogens is 6. The second-order valence-corrected chi connectivity index (χ2v) is 8.38. The van der Waals surface area contributed by atoms with Gasteiger partial charge in [0.05, 0.1) is 24.3 Å². The monoisotopic (exact) mass is 410 g/mol. The van der Waals surface area contributed by atoms with E-state index in [2.05, 4.69) is 41.3 Å². The van der Waals surface area contributed by atoms with Crippen molar-refractivity contribution in [3.05, 3.63) is 48.5 Å². The van der Waals surface area contributed by atoms with Gasteiger partial charge in [-0.2, -0.15) is 0 Å². The van der Waals surface area contributed by atoms with Crippen LogP contribution in [0.25, 0.3) is 33.9 Å². The minimum absolute atomic E-state index is 0.688. The molecule has 0 radical (unpaired) electrons. The van der Waals surface area contributed by atoms with E-state index in [0.717, 1.165) is 52.0 Å². The third-order valence-corrected chi connectivity index (χ3v) is 5.88. The van der Waals surface area contributed by atoms with Crippen molar-refractivity contribution in [2.24, 2.45) is 13.0 Å². The van der Waals surface area contributed by atoms with Crippen LogP contribution in [0.2, 0.25) is 0 Å². The Kier molecular flexibility index (Phi) is 4.88. The zero-order valence-corrected chi connectivity index (χ0v) is 18.3.